The minimum absolute atomic E-state index is 0. The van der Waals surface area contributed by atoms with Gasteiger partial charge in [0.2, 0.25) is 0 Å². The van der Waals surface area contributed by atoms with Crippen LogP contribution in [0, 0.1) is 5.41 Å². The summed E-state index contributed by atoms with van der Waals surface area (Å²) in [6, 6.07) is 10.8. The van der Waals surface area contributed by atoms with Crippen molar-refractivity contribution in [1.82, 2.24) is 9.88 Å². The van der Waals surface area contributed by atoms with Crippen LogP contribution in [0.2, 0.25) is 0 Å². The minimum Gasteiger partial charge on any atom is -0.457 e. The first-order valence-electron chi connectivity index (χ1n) is 7.77. The molecule has 5 nitrogen and oxygen atoms in total. The van der Waals surface area contributed by atoms with Crippen LogP contribution in [0.1, 0.15) is 23.7 Å². The third-order valence-electron chi connectivity index (χ3n) is 4.30. The van der Waals surface area contributed by atoms with Crippen molar-refractivity contribution in [2.75, 3.05) is 19.6 Å². The molecule has 0 aliphatic carbocycles. The van der Waals surface area contributed by atoms with Crippen LogP contribution in [0.4, 0.5) is 0 Å². The van der Waals surface area contributed by atoms with Crippen molar-refractivity contribution in [3.8, 4) is 11.5 Å². The number of nitrogens with two attached hydrogens (primary N) is 1. The van der Waals surface area contributed by atoms with Crippen molar-refractivity contribution in [2.24, 2.45) is 11.1 Å². The highest BCUT2D eigenvalue weighted by Crippen LogP contribution is 2.30. The molecule has 1 atom stereocenters. The number of hydrogen-bond acceptors (Lipinski definition) is 4. The molecular weight excluding hydrogens is 361 g/mol. The van der Waals surface area contributed by atoms with Gasteiger partial charge < -0.3 is 15.4 Å². The highest BCUT2D eigenvalue weighted by Gasteiger charge is 2.35. The highest BCUT2D eigenvalue weighted by atomic mass is 35.5. The molecule has 0 saturated carbocycles. The Kier molecular flexibility index (Phi) is 7.67. The van der Waals surface area contributed by atoms with E-state index in [4.69, 9.17) is 10.5 Å². The molecule has 1 aromatic carbocycles. The van der Waals surface area contributed by atoms with E-state index in [2.05, 4.69) is 11.9 Å². The van der Waals surface area contributed by atoms with E-state index in [0.717, 1.165) is 13.0 Å². The molecule has 1 aliphatic rings. The average Bonchev–Trinajstić information content (AvgIpc) is 2.98. The Morgan fingerprint density at radius 2 is 1.96 bits per heavy atom. The SMILES string of the molecule is CC1(CN)CCN(C(=O)c2cccc(Oc3ccncc3)c2)C1.Cl.Cl. The maximum absolute atomic E-state index is 12.7. The van der Waals surface area contributed by atoms with E-state index < -0.39 is 0 Å². The summed E-state index contributed by atoms with van der Waals surface area (Å²) in [5, 5.41) is 0. The zero-order chi connectivity index (χ0) is 16.3. The van der Waals surface area contributed by atoms with Crippen LogP contribution < -0.4 is 10.5 Å². The lowest BCUT2D eigenvalue weighted by molar-refractivity contribution is 0.0776. The maximum Gasteiger partial charge on any atom is 0.254 e. The normalized spacial score (nSPS) is 18.9. The van der Waals surface area contributed by atoms with Crippen molar-refractivity contribution >= 4 is 30.7 Å². The Morgan fingerprint density at radius 3 is 2.60 bits per heavy atom. The van der Waals surface area contributed by atoms with Crippen LogP contribution in [-0.4, -0.2) is 35.4 Å². The lowest BCUT2D eigenvalue weighted by Gasteiger charge is -2.22. The summed E-state index contributed by atoms with van der Waals surface area (Å²) < 4.78 is 5.76. The standard InChI is InChI=1S/C18H21N3O2.2ClH/c1-18(12-19)7-10-21(13-18)17(22)14-3-2-4-16(11-14)23-15-5-8-20-9-6-15;;/h2-6,8-9,11H,7,10,12-13,19H2,1H3;2*1H. The number of amides is 1. The van der Waals surface area contributed by atoms with Gasteiger partial charge in [-0.15, -0.1) is 24.8 Å². The summed E-state index contributed by atoms with van der Waals surface area (Å²) in [5.41, 5.74) is 6.48. The van der Waals surface area contributed by atoms with Crippen LogP contribution in [0.25, 0.3) is 0 Å². The van der Waals surface area contributed by atoms with Crippen LogP contribution >= 0.6 is 24.8 Å². The van der Waals surface area contributed by atoms with E-state index in [1.807, 2.05) is 23.1 Å². The second kappa shape index (κ2) is 9.04. The van der Waals surface area contributed by atoms with Gasteiger partial charge in [0.25, 0.3) is 5.91 Å². The van der Waals surface area contributed by atoms with Crippen LogP contribution in [-0.2, 0) is 0 Å². The number of ether oxygens (including phenoxy) is 1. The fourth-order valence-corrected chi connectivity index (χ4v) is 2.78. The second-order valence-corrected chi connectivity index (χ2v) is 6.30. The lowest BCUT2D eigenvalue weighted by atomic mass is 9.90. The summed E-state index contributed by atoms with van der Waals surface area (Å²) >= 11 is 0. The molecule has 0 radical (unpaired) electrons. The third-order valence-corrected chi connectivity index (χ3v) is 4.30. The van der Waals surface area contributed by atoms with Gasteiger partial charge in [-0.25, -0.2) is 0 Å². The minimum atomic E-state index is 0. The second-order valence-electron chi connectivity index (χ2n) is 6.30. The molecule has 1 amide bonds. The highest BCUT2D eigenvalue weighted by molar-refractivity contribution is 5.94. The van der Waals surface area contributed by atoms with E-state index in [-0.39, 0.29) is 36.1 Å². The largest absolute Gasteiger partial charge is 0.457 e. The summed E-state index contributed by atoms with van der Waals surface area (Å²) in [7, 11) is 0. The molecule has 2 aromatic rings. The molecule has 3 rings (SSSR count). The monoisotopic (exact) mass is 383 g/mol. The first-order chi connectivity index (χ1) is 11.1. The lowest BCUT2D eigenvalue weighted by Crippen LogP contribution is -2.34. The zero-order valence-electron chi connectivity index (χ0n) is 14.1. The van der Waals surface area contributed by atoms with E-state index >= 15 is 0 Å². The molecule has 7 heteroatoms. The van der Waals surface area contributed by atoms with E-state index in [9.17, 15) is 4.79 Å². The maximum atomic E-state index is 12.7. The number of aromatic nitrogens is 1. The van der Waals surface area contributed by atoms with E-state index in [0.29, 0.717) is 30.2 Å². The Hall–Kier alpha value is -1.82. The number of nitrogens with zero attached hydrogens (tertiary/aromatic N) is 2. The third kappa shape index (κ3) is 5.08. The summed E-state index contributed by atoms with van der Waals surface area (Å²) in [6.45, 7) is 4.19. The Balaban J connectivity index is 0.00000156. The van der Waals surface area contributed by atoms with Gasteiger partial charge in [-0.1, -0.05) is 13.0 Å². The molecule has 1 aromatic heterocycles. The average molecular weight is 384 g/mol. The number of rotatable bonds is 4. The quantitative estimate of drug-likeness (QED) is 0.876. The van der Waals surface area contributed by atoms with Crippen LogP contribution in [0.5, 0.6) is 11.5 Å². The first kappa shape index (κ1) is 21.2. The van der Waals surface area contributed by atoms with Gasteiger partial charge in [0.05, 0.1) is 0 Å². The Morgan fingerprint density at radius 1 is 1.24 bits per heavy atom. The fraction of sp³-hybridized carbons (Fsp3) is 0.333. The summed E-state index contributed by atoms with van der Waals surface area (Å²) in [5.74, 6) is 1.37. The number of halogens is 2. The molecule has 1 fully saturated rings. The molecule has 0 bridgehead atoms. The van der Waals surface area contributed by atoms with Gasteiger partial charge in [0, 0.05) is 31.0 Å². The van der Waals surface area contributed by atoms with Crippen molar-refractivity contribution in [3.05, 3.63) is 54.4 Å². The number of carbonyl (C=O) groups is 1. The van der Waals surface area contributed by atoms with Crippen molar-refractivity contribution < 1.29 is 9.53 Å². The molecule has 1 saturated heterocycles. The molecule has 1 aliphatic heterocycles. The number of pyridine rings is 1. The molecule has 1 unspecified atom stereocenters. The number of benzene rings is 1. The molecule has 2 N–H and O–H groups in total. The molecule has 0 spiro atoms. The first-order valence-corrected chi connectivity index (χ1v) is 7.77. The molecular formula is C18H23Cl2N3O2. The van der Waals surface area contributed by atoms with Gasteiger partial charge in [-0.2, -0.15) is 0 Å². The Labute approximate surface area is 160 Å². The van der Waals surface area contributed by atoms with Crippen LogP contribution in [0.3, 0.4) is 0 Å². The van der Waals surface area contributed by atoms with E-state index in [1.54, 1.807) is 30.6 Å². The van der Waals surface area contributed by atoms with E-state index in [1.165, 1.54) is 0 Å². The number of likely N-dealkylation sites (tertiary alicyclic amines) is 1. The zero-order valence-corrected chi connectivity index (χ0v) is 15.7. The predicted octanol–water partition coefficient (Wildman–Crippen LogP) is 3.53. The van der Waals surface area contributed by atoms with Crippen molar-refractivity contribution in [2.45, 2.75) is 13.3 Å². The molecule has 136 valence electrons. The van der Waals surface area contributed by atoms with Crippen molar-refractivity contribution in [1.29, 1.82) is 0 Å². The van der Waals surface area contributed by atoms with Gasteiger partial charge in [0.15, 0.2) is 0 Å². The summed E-state index contributed by atoms with van der Waals surface area (Å²) in [4.78, 5) is 18.5. The van der Waals surface area contributed by atoms with Gasteiger partial charge in [0.1, 0.15) is 11.5 Å². The van der Waals surface area contributed by atoms with Gasteiger partial charge in [-0.3, -0.25) is 9.78 Å². The number of carbonyl (C=O) groups excluding carboxylic acids is 1. The molecule has 2 heterocycles. The van der Waals surface area contributed by atoms with Crippen molar-refractivity contribution in [3.63, 3.8) is 0 Å². The fourth-order valence-electron chi connectivity index (χ4n) is 2.78. The van der Waals surface area contributed by atoms with Gasteiger partial charge in [-0.05, 0) is 48.7 Å². The Bertz CT molecular complexity index is 700. The molecule has 25 heavy (non-hydrogen) atoms. The van der Waals surface area contributed by atoms with Gasteiger partial charge >= 0.3 is 0 Å². The van der Waals surface area contributed by atoms with Crippen LogP contribution in [0.15, 0.2) is 48.8 Å². The topological polar surface area (TPSA) is 68.5 Å². The smallest absolute Gasteiger partial charge is 0.254 e. The number of hydrogen-bond donors (Lipinski definition) is 1. The predicted molar refractivity (Wildman–Crippen MR) is 103 cm³/mol. The summed E-state index contributed by atoms with van der Waals surface area (Å²) in [6.07, 6.45) is 4.28.